The van der Waals surface area contributed by atoms with E-state index in [0.29, 0.717) is 16.1 Å². The minimum atomic E-state index is -3.91. The van der Waals surface area contributed by atoms with Gasteiger partial charge in [-0.3, -0.25) is 4.79 Å². The number of sulfonamides is 1. The quantitative estimate of drug-likeness (QED) is 0.752. The van der Waals surface area contributed by atoms with Gasteiger partial charge in [-0.25, -0.2) is 0 Å². The zero-order chi connectivity index (χ0) is 16.6. The Balaban J connectivity index is 2.15. The van der Waals surface area contributed by atoms with E-state index in [-0.39, 0.29) is 20.9 Å². The number of carbonyl (C=O) groups excluding carboxylic acids is 1. The molecule has 1 aliphatic carbocycles. The molecule has 0 fully saturated rings. The average molecular weight is 411 g/mol. The number of hydrogen-bond acceptors (Lipinski definition) is 3. The van der Waals surface area contributed by atoms with Crippen molar-refractivity contribution in [1.29, 1.82) is 0 Å². The van der Waals surface area contributed by atoms with E-state index in [4.69, 9.17) is 11.6 Å². The molecule has 2 aromatic rings. The van der Waals surface area contributed by atoms with Crippen LogP contribution in [0.25, 0.3) is 0 Å². The lowest BCUT2D eigenvalue weighted by molar-refractivity contribution is 0.104. The highest BCUT2D eigenvalue weighted by Gasteiger charge is 2.24. The highest BCUT2D eigenvalue weighted by molar-refractivity contribution is 9.12. The Kier molecular flexibility index (Phi) is 4.23. The molecule has 3 rings (SSSR count). The molecule has 0 aliphatic heterocycles. The van der Waals surface area contributed by atoms with E-state index < -0.39 is 10.0 Å². The van der Waals surface area contributed by atoms with Crippen molar-refractivity contribution in [2.75, 3.05) is 0 Å². The molecule has 0 spiro atoms. The second-order valence-electron chi connectivity index (χ2n) is 4.77. The van der Waals surface area contributed by atoms with Gasteiger partial charge in [0.2, 0.25) is 5.78 Å². The summed E-state index contributed by atoms with van der Waals surface area (Å²) in [5, 5.41) is 0.438. The van der Waals surface area contributed by atoms with Gasteiger partial charge in [0.05, 0.1) is 15.1 Å². The van der Waals surface area contributed by atoms with Crippen molar-refractivity contribution in [2.45, 2.75) is 4.90 Å². The molecule has 0 saturated heterocycles. The maximum atomic E-state index is 12.4. The highest BCUT2D eigenvalue weighted by atomic mass is 79.9. The Bertz CT molecular complexity index is 963. The van der Waals surface area contributed by atoms with Crippen molar-refractivity contribution in [2.24, 2.45) is 4.40 Å². The lowest BCUT2D eigenvalue weighted by Gasteiger charge is -2.14. The summed E-state index contributed by atoms with van der Waals surface area (Å²) in [7, 11) is -3.91. The van der Waals surface area contributed by atoms with E-state index in [1.807, 2.05) is 0 Å². The topological polar surface area (TPSA) is 63.6 Å². The normalized spacial score (nSPS) is 16.2. The van der Waals surface area contributed by atoms with Gasteiger partial charge in [-0.2, -0.15) is 12.8 Å². The third kappa shape index (κ3) is 3.15. The summed E-state index contributed by atoms with van der Waals surface area (Å²) in [6.07, 6.45) is 1.41. The molecule has 7 heteroatoms. The van der Waals surface area contributed by atoms with Crippen LogP contribution in [0.5, 0.6) is 0 Å². The molecule has 0 radical (unpaired) electrons. The molecule has 0 heterocycles. The minimum Gasteiger partial charge on any atom is -0.288 e. The van der Waals surface area contributed by atoms with Gasteiger partial charge in [0.15, 0.2) is 0 Å². The summed E-state index contributed by atoms with van der Waals surface area (Å²) in [6.45, 7) is 0. The molecule has 2 aromatic carbocycles. The number of Topliss-reactive ketones (excluding diaryl/α,β-unsaturated/α-hetero) is 1. The molecule has 4 nitrogen and oxygen atoms in total. The number of nitrogens with zero attached hydrogens (tertiary/aromatic N) is 1. The fourth-order valence-electron chi connectivity index (χ4n) is 2.16. The van der Waals surface area contributed by atoms with Gasteiger partial charge in [0.1, 0.15) is 0 Å². The van der Waals surface area contributed by atoms with Crippen molar-refractivity contribution in [1.82, 2.24) is 0 Å². The zero-order valence-electron chi connectivity index (χ0n) is 11.5. The van der Waals surface area contributed by atoms with Crippen LogP contribution in [-0.2, 0) is 10.0 Å². The van der Waals surface area contributed by atoms with E-state index in [1.54, 1.807) is 24.3 Å². The lowest BCUT2D eigenvalue weighted by atomic mass is 9.94. The Labute approximate surface area is 146 Å². The third-order valence-electron chi connectivity index (χ3n) is 3.26. The first-order valence-electron chi connectivity index (χ1n) is 6.50. The molecule has 0 aromatic heterocycles. The van der Waals surface area contributed by atoms with E-state index in [1.165, 1.54) is 30.3 Å². The first kappa shape index (κ1) is 16.1. The zero-order valence-corrected chi connectivity index (χ0v) is 14.7. The van der Waals surface area contributed by atoms with Gasteiger partial charge in [0, 0.05) is 16.1 Å². The standard InChI is InChI=1S/C16H9BrClNO3S/c17-14-9-15(12-3-1-2-4-13(12)16(14)20)19-23(21,22)11-7-5-10(18)6-8-11/h1-9H/b19-15-. The van der Waals surface area contributed by atoms with Crippen LogP contribution in [0.15, 0.2) is 68.4 Å². The maximum absolute atomic E-state index is 12.4. The Morgan fingerprint density at radius 2 is 1.57 bits per heavy atom. The van der Waals surface area contributed by atoms with E-state index in [2.05, 4.69) is 20.3 Å². The van der Waals surface area contributed by atoms with Crippen LogP contribution in [-0.4, -0.2) is 19.9 Å². The first-order valence-corrected chi connectivity index (χ1v) is 9.11. The molecular formula is C16H9BrClNO3S. The van der Waals surface area contributed by atoms with Gasteiger partial charge in [-0.05, 0) is 46.3 Å². The van der Waals surface area contributed by atoms with Crippen molar-refractivity contribution >= 4 is 49.0 Å². The van der Waals surface area contributed by atoms with Gasteiger partial charge in [-0.15, -0.1) is 0 Å². The molecule has 0 unspecified atom stereocenters. The number of fused-ring (bicyclic) bond motifs is 1. The SMILES string of the molecule is O=C1C(Br)=C/C(=N/S(=O)(=O)c2ccc(Cl)cc2)c2ccccc21. The smallest absolute Gasteiger partial charge is 0.282 e. The number of benzene rings is 2. The molecule has 0 atom stereocenters. The number of rotatable bonds is 2. The van der Waals surface area contributed by atoms with Crippen molar-refractivity contribution in [3.8, 4) is 0 Å². The number of ketones is 1. The molecule has 0 bridgehead atoms. The number of halogens is 2. The molecule has 0 N–H and O–H groups in total. The fraction of sp³-hybridized carbons (Fsp3) is 0. The molecule has 1 aliphatic rings. The Morgan fingerprint density at radius 3 is 2.22 bits per heavy atom. The van der Waals surface area contributed by atoms with E-state index in [0.717, 1.165) is 0 Å². The first-order chi connectivity index (χ1) is 10.9. The predicted molar refractivity (Wildman–Crippen MR) is 93.0 cm³/mol. The largest absolute Gasteiger partial charge is 0.288 e. The third-order valence-corrected chi connectivity index (χ3v) is 5.40. The van der Waals surface area contributed by atoms with Gasteiger partial charge in [-0.1, -0.05) is 35.9 Å². The van der Waals surface area contributed by atoms with Crippen molar-refractivity contribution in [3.05, 3.63) is 75.2 Å². The molecule has 0 amide bonds. The second kappa shape index (κ2) is 6.03. The van der Waals surface area contributed by atoms with Gasteiger partial charge in [0.25, 0.3) is 10.0 Å². The van der Waals surface area contributed by atoms with Crippen molar-refractivity contribution < 1.29 is 13.2 Å². The summed E-state index contributed by atoms with van der Waals surface area (Å²) >= 11 is 8.93. The summed E-state index contributed by atoms with van der Waals surface area (Å²) < 4.78 is 29.0. The molecule has 0 saturated carbocycles. The average Bonchev–Trinajstić information content (AvgIpc) is 2.52. The molecular weight excluding hydrogens is 402 g/mol. The summed E-state index contributed by atoms with van der Waals surface area (Å²) in [6, 6.07) is 12.5. The van der Waals surface area contributed by atoms with E-state index in [9.17, 15) is 13.2 Å². The number of hydrogen-bond donors (Lipinski definition) is 0. The summed E-state index contributed by atoms with van der Waals surface area (Å²) in [5.74, 6) is -0.205. The van der Waals surface area contributed by atoms with E-state index >= 15 is 0 Å². The number of carbonyl (C=O) groups is 1. The van der Waals surface area contributed by atoms with Crippen LogP contribution in [0.2, 0.25) is 5.02 Å². The fourth-order valence-corrected chi connectivity index (χ4v) is 3.71. The van der Waals surface area contributed by atoms with Crippen LogP contribution in [0.4, 0.5) is 0 Å². The molecule has 116 valence electrons. The molecule has 23 heavy (non-hydrogen) atoms. The van der Waals surface area contributed by atoms with Crippen LogP contribution in [0.1, 0.15) is 15.9 Å². The highest BCUT2D eigenvalue weighted by Crippen LogP contribution is 2.26. The monoisotopic (exact) mass is 409 g/mol. The predicted octanol–water partition coefficient (Wildman–Crippen LogP) is 3.99. The minimum absolute atomic E-state index is 0.0355. The van der Waals surface area contributed by atoms with Crippen LogP contribution in [0, 0.1) is 0 Å². The van der Waals surface area contributed by atoms with Crippen LogP contribution < -0.4 is 0 Å². The lowest BCUT2D eigenvalue weighted by Crippen LogP contribution is -2.16. The summed E-state index contributed by atoms with van der Waals surface area (Å²) in [4.78, 5) is 12.1. The number of allylic oxidation sites excluding steroid dienone is 2. The maximum Gasteiger partial charge on any atom is 0.282 e. The second-order valence-corrected chi connectivity index (χ2v) is 7.67. The van der Waals surface area contributed by atoms with Crippen molar-refractivity contribution in [3.63, 3.8) is 0 Å². The summed E-state index contributed by atoms with van der Waals surface area (Å²) in [5.41, 5.74) is 1.10. The van der Waals surface area contributed by atoms with Crippen LogP contribution in [0.3, 0.4) is 0 Å². The Hall–Kier alpha value is -1.76. The van der Waals surface area contributed by atoms with Gasteiger partial charge < -0.3 is 0 Å². The Morgan fingerprint density at radius 1 is 0.957 bits per heavy atom. The van der Waals surface area contributed by atoms with Gasteiger partial charge >= 0.3 is 0 Å². The van der Waals surface area contributed by atoms with Crippen LogP contribution >= 0.6 is 27.5 Å².